The maximum atomic E-state index is 12.7. The number of amides is 1. The van der Waals surface area contributed by atoms with Gasteiger partial charge in [-0.1, -0.05) is 6.07 Å². The number of oxazole rings is 1. The first-order valence-corrected chi connectivity index (χ1v) is 9.34. The zero-order valence-corrected chi connectivity index (χ0v) is 15.7. The Hall–Kier alpha value is -2.71. The number of nitrogens with zero attached hydrogens (tertiary/aromatic N) is 2. The summed E-state index contributed by atoms with van der Waals surface area (Å²) in [6.07, 6.45) is 0. The molecule has 0 aliphatic heterocycles. The number of carbonyl (C=O) groups is 1. The van der Waals surface area contributed by atoms with Gasteiger partial charge >= 0.3 is 0 Å². The summed E-state index contributed by atoms with van der Waals surface area (Å²) in [6, 6.07) is 9.64. The minimum absolute atomic E-state index is 0.0702. The Labute approximate surface area is 151 Å². The van der Waals surface area contributed by atoms with Crippen molar-refractivity contribution in [2.75, 3.05) is 19.4 Å². The summed E-state index contributed by atoms with van der Waals surface area (Å²) < 4.78 is 31.1. The fourth-order valence-electron chi connectivity index (χ4n) is 2.54. The Kier molecular flexibility index (Phi) is 4.55. The summed E-state index contributed by atoms with van der Waals surface area (Å²) in [5.41, 5.74) is 2.80. The zero-order valence-electron chi connectivity index (χ0n) is 14.9. The van der Waals surface area contributed by atoms with Crippen LogP contribution in [0, 0.1) is 13.8 Å². The molecule has 1 amide bonds. The second kappa shape index (κ2) is 6.54. The lowest BCUT2D eigenvalue weighted by atomic mass is 10.1. The van der Waals surface area contributed by atoms with Crippen molar-refractivity contribution < 1.29 is 17.6 Å². The van der Waals surface area contributed by atoms with E-state index >= 15 is 0 Å². The van der Waals surface area contributed by atoms with Gasteiger partial charge in [-0.3, -0.25) is 4.79 Å². The molecule has 0 aliphatic rings. The first kappa shape index (κ1) is 18.1. The van der Waals surface area contributed by atoms with Gasteiger partial charge in [-0.2, -0.15) is 0 Å². The number of fused-ring (bicyclic) bond motifs is 1. The average Bonchev–Trinajstić information content (AvgIpc) is 2.94. The van der Waals surface area contributed by atoms with Crippen LogP contribution in [0.4, 0.5) is 5.69 Å². The Morgan fingerprint density at radius 2 is 1.85 bits per heavy atom. The van der Waals surface area contributed by atoms with Gasteiger partial charge in [0.2, 0.25) is 10.0 Å². The van der Waals surface area contributed by atoms with Crippen molar-refractivity contribution in [2.45, 2.75) is 18.7 Å². The van der Waals surface area contributed by atoms with Crippen molar-refractivity contribution in [3.63, 3.8) is 0 Å². The first-order chi connectivity index (χ1) is 12.2. The maximum absolute atomic E-state index is 12.7. The Morgan fingerprint density at radius 3 is 2.54 bits per heavy atom. The molecule has 136 valence electrons. The van der Waals surface area contributed by atoms with Crippen LogP contribution in [0.15, 0.2) is 45.7 Å². The smallest absolute Gasteiger partial charge is 0.255 e. The van der Waals surface area contributed by atoms with E-state index < -0.39 is 15.9 Å². The highest BCUT2D eigenvalue weighted by Gasteiger charge is 2.20. The van der Waals surface area contributed by atoms with Gasteiger partial charge in [-0.05, 0) is 42.8 Å². The molecule has 1 aromatic heterocycles. The number of aryl methyl sites for hydroxylation is 2. The van der Waals surface area contributed by atoms with Crippen LogP contribution in [0.1, 0.15) is 21.8 Å². The van der Waals surface area contributed by atoms with E-state index in [2.05, 4.69) is 10.3 Å². The Balaban J connectivity index is 1.93. The molecule has 8 heteroatoms. The third-order valence-corrected chi connectivity index (χ3v) is 5.80. The number of benzene rings is 2. The molecule has 2 aromatic carbocycles. The van der Waals surface area contributed by atoms with E-state index in [0.29, 0.717) is 33.8 Å². The quantitative estimate of drug-likeness (QED) is 0.759. The average molecular weight is 373 g/mol. The molecule has 0 bridgehead atoms. The van der Waals surface area contributed by atoms with Crippen molar-refractivity contribution in [1.82, 2.24) is 9.29 Å². The lowest BCUT2D eigenvalue weighted by Gasteiger charge is -2.14. The molecule has 0 aliphatic carbocycles. The number of sulfonamides is 1. The van der Waals surface area contributed by atoms with Gasteiger partial charge in [-0.25, -0.2) is 17.7 Å². The molecular weight excluding hydrogens is 354 g/mol. The van der Waals surface area contributed by atoms with Crippen molar-refractivity contribution in [3.05, 3.63) is 53.4 Å². The number of anilines is 1. The lowest BCUT2D eigenvalue weighted by Crippen LogP contribution is -2.23. The fourth-order valence-corrected chi connectivity index (χ4v) is 3.46. The summed E-state index contributed by atoms with van der Waals surface area (Å²) in [7, 11) is -0.721. The van der Waals surface area contributed by atoms with Gasteiger partial charge in [0.05, 0.1) is 4.90 Å². The van der Waals surface area contributed by atoms with Crippen LogP contribution in [-0.4, -0.2) is 37.7 Å². The number of rotatable bonds is 4. The third-order valence-electron chi connectivity index (χ3n) is 3.98. The van der Waals surface area contributed by atoms with Crippen LogP contribution < -0.4 is 5.32 Å². The third kappa shape index (κ3) is 3.33. The number of hydrogen-bond acceptors (Lipinski definition) is 5. The van der Waals surface area contributed by atoms with Gasteiger partial charge in [0.1, 0.15) is 5.52 Å². The molecule has 1 heterocycles. The van der Waals surface area contributed by atoms with Gasteiger partial charge in [0, 0.05) is 32.3 Å². The molecule has 1 N–H and O–H groups in total. The van der Waals surface area contributed by atoms with E-state index in [0.717, 1.165) is 4.31 Å². The largest absolute Gasteiger partial charge is 0.441 e. The zero-order chi connectivity index (χ0) is 19.1. The van der Waals surface area contributed by atoms with Crippen LogP contribution >= 0.6 is 0 Å². The molecular formula is C18H19N3O4S. The fraction of sp³-hybridized carbons (Fsp3) is 0.222. The molecule has 0 fully saturated rings. The predicted octanol–water partition coefficient (Wildman–Crippen LogP) is 2.95. The summed E-state index contributed by atoms with van der Waals surface area (Å²) in [5.74, 6) is 0.152. The number of nitrogens with one attached hydrogen (secondary N) is 1. The molecule has 3 rings (SSSR count). The normalized spacial score (nSPS) is 11.9. The molecule has 7 nitrogen and oxygen atoms in total. The topological polar surface area (TPSA) is 92.5 Å². The van der Waals surface area contributed by atoms with Gasteiger partial charge in [0.15, 0.2) is 11.5 Å². The minimum atomic E-state index is -3.62. The van der Waals surface area contributed by atoms with E-state index in [1.165, 1.54) is 26.2 Å². The lowest BCUT2D eigenvalue weighted by molar-refractivity contribution is 0.102. The molecule has 0 atom stereocenters. The SMILES string of the molecule is Cc1nc2cc(NC(=O)c3cc(S(=O)(=O)N(C)C)ccc3C)ccc2o1. The molecule has 0 spiro atoms. The monoisotopic (exact) mass is 373 g/mol. The van der Waals surface area contributed by atoms with Gasteiger partial charge in [0.25, 0.3) is 5.91 Å². The van der Waals surface area contributed by atoms with Crippen molar-refractivity contribution in [2.24, 2.45) is 0 Å². The standard InChI is InChI=1S/C18H19N3O4S/c1-11-5-7-14(26(23,24)21(3)4)10-15(11)18(22)20-13-6-8-17-16(9-13)19-12(2)25-17/h5-10H,1-4H3,(H,20,22). The van der Waals surface area contributed by atoms with Gasteiger partial charge in [-0.15, -0.1) is 0 Å². The highest BCUT2D eigenvalue weighted by Crippen LogP contribution is 2.22. The van der Waals surface area contributed by atoms with E-state index in [-0.39, 0.29) is 4.90 Å². The summed E-state index contributed by atoms with van der Waals surface area (Å²) in [4.78, 5) is 17.0. The highest BCUT2D eigenvalue weighted by molar-refractivity contribution is 7.89. The van der Waals surface area contributed by atoms with E-state index in [1.54, 1.807) is 38.1 Å². The maximum Gasteiger partial charge on any atom is 0.255 e. The number of aromatic nitrogens is 1. The minimum Gasteiger partial charge on any atom is -0.441 e. The molecule has 26 heavy (non-hydrogen) atoms. The molecule has 0 radical (unpaired) electrons. The van der Waals surface area contributed by atoms with Crippen LogP contribution in [0.25, 0.3) is 11.1 Å². The number of hydrogen-bond donors (Lipinski definition) is 1. The van der Waals surface area contributed by atoms with E-state index in [4.69, 9.17) is 4.42 Å². The molecule has 0 unspecified atom stereocenters. The highest BCUT2D eigenvalue weighted by atomic mass is 32.2. The predicted molar refractivity (Wildman–Crippen MR) is 98.8 cm³/mol. The van der Waals surface area contributed by atoms with Crippen LogP contribution in [0.2, 0.25) is 0 Å². The Bertz CT molecular complexity index is 1100. The van der Waals surface area contributed by atoms with Crippen LogP contribution in [0.5, 0.6) is 0 Å². The van der Waals surface area contributed by atoms with Crippen molar-refractivity contribution in [1.29, 1.82) is 0 Å². The number of carbonyl (C=O) groups excluding carboxylic acids is 1. The molecule has 0 saturated carbocycles. The van der Waals surface area contributed by atoms with Gasteiger partial charge < -0.3 is 9.73 Å². The van der Waals surface area contributed by atoms with Crippen LogP contribution in [-0.2, 0) is 10.0 Å². The second-order valence-electron chi connectivity index (χ2n) is 6.13. The Morgan fingerprint density at radius 1 is 1.12 bits per heavy atom. The molecule has 0 saturated heterocycles. The van der Waals surface area contributed by atoms with Crippen molar-refractivity contribution in [3.8, 4) is 0 Å². The summed E-state index contributed by atoms with van der Waals surface area (Å²) in [5, 5.41) is 2.78. The van der Waals surface area contributed by atoms with E-state index in [1.807, 2.05) is 0 Å². The van der Waals surface area contributed by atoms with Crippen LogP contribution in [0.3, 0.4) is 0 Å². The summed E-state index contributed by atoms with van der Waals surface area (Å²) >= 11 is 0. The second-order valence-corrected chi connectivity index (χ2v) is 8.29. The molecule has 3 aromatic rings. The van der Waals surface area contributed by atoms with E-state index in [9.17, 15) is 13.2 Å². The van der Waals surface area contributed by atoms with Crippen molar-refractivity contribution >= 4 is 32.7 Å². The summed E-state index contributed by atoms with van der Waals surface area (Å²) in [6.45, 7) is 3.50. The first-order valence-electron chi connectivity index (χ1n) is 7.90.